The molecule has 1 unspecified atom stereocenters. The van der Waals surface area contributed by atoms with Gasteiger partial charge in [-0.2, -0.15) is 0 Å². The monoisotopic (exact) mass is 376 g/mol. The van der Waals surface area contributed by atoms with Crippen LogP contribution in [0.1, 0.15) is 38.2 Å². The molecule has 1 fully saturated rings. The van der Waals surface area contributed by atoms with E-state index in [1.165, 1.54) is 29.5 Å². The summed E-state index contributed by atoms with van der Waals surface area (Å²) in [6.45, 7) is 5.12. The number of benzene rings is 1. The average Bonchev–Trinajstić information content (AvgIpc) is 3.09. The molecule has 1 N–H and O–H groups in total. The normalized spacial score (nSPS) is 17.5. The molecule has 1 atom stereocenters. The van der Waals surface area contributed by atoms with Crippen LogP contribution in [0, 0.1) is 6.92 Å². The topological polar surface area (TPSA) is 58.1 Å². The molecule has 1 saturated heterocycles. The molecule has 1 aromatic carbocycles. The molecule has 2 aromatic rings. The van der Waals surface area contributed by atoms with E-state index in [2.05, 4.69) is 40.3 Å². The summed E-state index contributed by atoms with van der Waals surface area (Å²) < 4.78 is 0.828. The molecule has 25 heavy (non-hydrogen) atoms. The molecule has 134 valence electrons. The zero-order chi connectivity index (χ0) is 17.6. The zero-order valence-electron chi connectivity index (χ0n) is 14.7. The number of rotatable bonds is 6. The van der Waals surface area contributed by atoms with Crippen LogP contribution >= 0.6 is 23.1 Å². The van der Waals surface area contributed by atoms with E-state index in [-0.39, 0.29) is 5.91 Å². The summed E-state index contributed by atoms with van der Waals surface area (Å²) in [5.74, 6) is 0.662. The highest BCUT2D eigenvalue weighted by Gasteiger charge is 2.25. The Morgan fingerprint density at radius 3 is 3.00 bits per heavy atom. The Bertz CT molecular complexity index is 719. The number of nitrogens with zero attached hydrogens (tertiary/aromatic N) is 3. The van der Waals surface area contributed by atoms with Crippen molar-refractivity contribution in [3.05, 3.63) is 29.8 Å². The minimum atomic E-state index is 0.222. The van der Waals surface area contributed by atoms with Gasteiger partial charge in [-0.3, -0.25) is 4.79 Å². The third-order valence-electron chi connectivity index (χ3n) is 4.53. The lowest BCUT2D eigenvalue weighted by atomic mass is 10.0. The van der Waals surface area contributed by atoms with E-state index in [4.69, 9.17) is 0 Å². The average molecular weight is 377 g/mol. The number of likely N-dealkylation sites (tertiary alicyclic amines) is 1. The largest absolute Gasteiger partial charge is 0.339 e. The minimum Gasteiger partial charge on any atom is -0.339 e. The number of carbonyl (C=O) groups excluding carboxylic acids is 1. The second kappa shape index (κ2) is 8.67. The number of aromatic nitrogens is 2. The fourth-order valence-electron chi connectivity index (χ4n) is 3.11. The molecule has 0 radical (unpaired) electrons. The Balaban J connectivity index is 1.55. The van der Waals surface area contributed by atoms with Gasteiger partial charge in [-0.15, -0.1) is 10.2 Å². The maximum atomic E-state index is 12.5. The first-order valence-electron chi connectivity index (χ1n) is 8.75. The standard InChI is InChI=1S/C18H24N4OS2/c1-3-14-9-6-7-11-22(14)16(23)12-24-18-21-20-17(25-18)19-15-10-5-4-8-13(15)2/h4-5,8,10,14H,3,6-7,9,11-12H2,1-2H3,(H,19,20). The highest BCUT2D eigenvalue weighted by Crippen LogP contribution is 2.29. The lowest BCUT2D eigenvalue weighted by Gasteiger charge is -2.35. The van der Waals surface area contributed by atoms with Crippen molar-refractivity contribution in [1.29, 1.82) is 0 Å². The molecular weight excluding hydrogens is 352 g/mol. The van der Waals surface area contributed by atoms with Crippen molar-refractivity contribution in [3.63, 3.8) is 0 Å². The van der Waals surface area contributed by atoms with Gasteiger partial charge in [0.2, 0.25) is 11.0 Å². The number of thioether (sulfide) groups is 1. The molecule has 3 rings (SSSR count). The van der Waals surface area contributed by atoms with Crippen LogP contribution in [0.5, 0.6) is 0 Å². The van der Waals surface area contributed by atoms with Crippen molar-refractivity contribution in [2.75, 3.05) is 17.6 Å². The number of hydrogen-bond acceptors (Lipinski definition) is 6. The maximum Gasteiger partial charge on any atom is 0.233 e. The Morgan fingerprint density at radius 2 is 2.20 bits per heavy atom. The second-order valence-corrected chi connectivity index (χ2v) is 8.45. The van der Waals surface area contributed by atoms with E-state index in [9.17, 15) is 4.79 Å². The van der Waals surface area contributed by atoms with E-state index in [0.717, 1.165) is 46.5 Å². The number of piperidine rings is 1. The molecule has 0 saturated carbocycles. The number of nitrogens with one attached hydrogen (secondary N) is 1. The van der Waals surface area contributed by atoms with Gasteiger partial charge in [0, 0.05) is 18.3 Å². The van der Waals surface area contributed by atoms with Gasteiger partial charge in [0.25, 0.3) is 0 Å². The van der Waals surface area contributed by atoms with Gasteiger partial charge in [0.05, 0.1) is 5.75 Å². The van der Waals surface area contributed by atoms with Gasteiger partial charge < -0.3 is 10.2 Å². The molecular formula is C18H24N4OS2. The van der Waals surface area contributed by atoms with Crippen molar-refractivity contribution < 1.29 is 4.79 Å². The number of amides is 1. The van der Waals surface area contributed by atoms with Crippen LogP contribution in [-0.2, 0) is 4.79 Å². The van der Waals surface area contributed by atoms with Gasteiger partial charge in [-0.25, -0.2) is 0 Å². The first kappa shape index (κ1) is 18.2. The van der Waals surface area contributed by atoms with Crippen LogP contribution < -0.4 is 5.32 Å². The molecule has 0 spiro atoms. The van der Waals surface area contributed by atoms with E-state index in [1.54, 1.807) is 0 Å². The van der Waals surface area contributed by atoms with Crippen molar-refractivity contribution in [2.45, 2.75) is 49.9 Å². The van der Waals surface area contributed by atoms with Crippen LogP contribution in [-0.4, -0.2) is 39.3 Å². The highest BCUT2D eigenvalue weighted by atomic mass is 32.2. The molecule has 1 aromatic heterocycles. The summed E-state index contributed by atoms with van der Waals surface area (Å²) >= 11 is 2.97. The number of para-hydroxylation sites is 1. The van der Waals surface area contributed by atoms with Crippen LogP contribution in [0.2, 0.25) is 0 Å². The number of hydrogen-bond donors (Lipinski definition) is 1. The van der Waals surface area contributed by atoms with Crippen molar-refractivity contribution >= 4 is 39.8 Å². The lowest BCUT2D eigenvalue weighted by molar-refractivity contribution is -0.132. The fraction of sp³-hybridized carbons (Fsp3) is 0.500. The highest BCUT2D eigenvalue weighted by molar-refractivity contribution is 8.01. The van der Waals surface area contributed by atoms with Gasteiger partial charge in [0.1, 0.15) is 0 Å². The van der Waals surface area contributed by atoms with E-state index >= 15 is 0 Å². The number of carbonyl (C=O) groups is 1. The first-order chi connectivity index (χ1) is 12.2. The Labute approximate surface area is 157 Å². The molecule has 0 aliphatic carbocycles. The lowest BCUT2D eigenvalue weighted by Crippen LogP contribution is -2.44. The minimum absolute atomic E-state index is 0.222. The maximum absolute atomic E-state index is 12.5. The first-order valence-corrected chi connectivity index (χ1v) is 10.6. The Kier molecular flexibility index (Phi) is 6.31. The fourth-order valence-corrected chi connectivity index (χ4v) is 4.76. The SMILES string of the molecule is CCC1CCCCN1C(=O)CSc1nnc(Nc2ccccc2C)s1. The Hall–Kier alpha value is -1.60. The molecule has 1 aliphatic rings. The van der Waals surface area contributed by atoms with E-state index < -0.39 is 0 Å². The summed E-state index contributed by atoms with van der Waals surface area (Å²) in [5.41, 5.74) is 2.20. The third kappa shape index (κ3) is 4.73. The predicted molar refractivity (Wildman–Crippen MR) is 105 cm³/mol. The molecule has 2 heterocycles. The van der Waals surface area contributed by atoms with Crippen LogP contribution in [0.3, 0.4) is 0 Å². The van der Waals surface area contributed by atoms with Gasteiger partial charge in [-0.05, 0) is 44.2 Å². The molecule has 1 aliphatic heterocycles. The third-order valence-corrected chi connectivity index (χ3v) is 6.49. The van der Waals surface area contributed by atoms with Crippen LogP contribution in [0.15, 0.2) is 28.6 Å². The molecule has 1 amide bonds. The summed E-state index contributed by atoms with van der Waals surface area (Å²) in [6, 6.07) is 8.49. The van der Waals surface area contributed by atoms with E-state index in [1.807, 2.05) is 18.2 Å². The molecule has 0 bridgehead atoms. The van der Waals surface area contributed by atoms with Crippen molar-refractivity contribution in [3.8, 4) is 0 Å². The molecule has 7 heteroatoms. The summed E-state index contributed by atoms with van der Waals surface area (Å²) in [5, 5.41) is 12.4. The van der Waals surface area contributed by atoms with Crippen LogP contribution in [0.4, 0.5) is 10.8 Å². The van der Waals surface area contributed by atoms with Crippen LogP contribution in [0.25, 0.3) is 0 Å². The number of anilines is 2. The summed E-state index contributed by atoms with van der Waals surface area (Å²) in [6.07, 6.45) is 4.53. The van der Waals surface area contributed by atoms with Crippen molar-refractivity contribution in [1.82, 2.24) is 15.1 Å². The predicted octanol–water partition coefficient (Wildman–Crippen LogP) is 4.47. The quantitative estimate of drug-likeness (QED) is 0.754. The van der Waals surface area contributed by atoms with Gasteiger partial charge in [0.15, 0.2) is 4.34 Å². The number of aryl methyl sites for hydroxylation is 1. The van der Waals surface area contributed by atoms with Crippen molar-refractivity contribution in [2.24, 2.45) is 0 Å². The van der Waals surface area contributed by atoms with Gasteiger partial charge in [-0.1, -0.05) is 48.2 Å². The second-order valence-electron chi connectivity index (χ2n) is 6.25. The summed E-state index contributed by atoms with van der Waals surface area (Å²) in [4.78, 5) is 14.6. The zero-order valence-corrected chi connectivity index (χ0v) is 16.3. The smallest absolute Gasteiger partial charge is 0.233 e. The van der Waals surface area contributed by atoms with Gasteiger partial charge >= 0.3 is 0 Å². The summed E-state index contributed by atoms with van der Waals surface area (Å²) in [7, 11) is 0. The molecule has 5 nitrogen and oxygen atoms in total. The van der Waals surface area contributed by atoms with E-state index in [0.29, 0.717) is 11.8 Å². The Morgan fingerprint density at radius 1 is 1.36 bits per heavy atom.